The first-order valence-corrected chi connectivity index (χ1v) is 8.45. The molecule has 1 amide bonds. The first-order valence-electron chi connectivity index (χ1n) is 6.46. The van der Waals surface area contributed by atoms with Crippen LogP contribution in [0.5, 0.6) is 0 Å². The molecule has 2 atom stereocenters. The minimum absolute atomic E-state index is 0.0636. The molecule has 20 heavy (non-hydrogen) atoms. The monoisotopic (exact) mass is 317 g/mol. The molecule has 0 radical (unpaired) electrons. The molecule has 2 unspecified atom stereocenters. The highest BCUT2D eigenvalue weighted by Crippen LogP contribution is 2.14. The number of rotatable bonds is 7. The molecular formula is C13H20ClN3O2S. The highest BCUT2D eigenvalue weighted by atomic mass is 35.5. The molecule has 0 fully saturated rings. The van der Waals surface area contributed by atoms with E-state index in [1.54, 1.807) is 12.3 Å². The molecule has 0 aliphatic heterocycles. The second kappa shape index (κ2) is 8.21. The summed E-state index contributed by atoms with van der Waals surface area (Å²) in [5.41, 5.74) is 0.464. The molecule has 1 rings (SSSR count). The summed E-state index contributed by atoms with van der Waals surface area (Å²) in [5.74, 6) is 0.371. The van der Waals surface area contributed by atoms with Crippen molar-refractivity contribution in [1.29, 1.82) is 0 Å². The van der Waals surface area contributed by atoms with Crippen LogP contribution in [-0.2, 0) is 10.8 Å². The number of hydrogen-bond acceptors (Lipinski definition) is 4. The van der Waals surface area contributed by atoms with Gasteiger partial charge in [0.25, 0.3) is 5.91 Å². The number of aromatic nitrogens is 1. The molecule has 0 aromatic carbocycles. The Balaban J connectivity index is 2.61. The molecule has 2 N–H and O–H groups in total. The molecule has 5 nitrogen and oxygen atoms in total. The number of anilines is 1. The van der Waals surface area contributed by atoms with Gasteiger partial charge in [0.05, 0.1) is 0 Å². The molecule has 1 aromatic heterocycles. The highest BCUT2D eigenvalue weighted by molar-refractivity contribution is 7.84. The third kappa shape index (κ3) is 5.46. The van der Waals surface area contributed by atoms with E-state index in [1.807, 2.05) is 13.8 Å². The minimum Gasteiger partial charge on any atom is -0.370 e. The van der Waals surface area contributed by atoms with Crippen molar-refractivity contribution in [3.05, 3.63) is 22.8 Å². The zero-order valence-corrected chi connectivity index (χ0v) is 13.5. The van der Waals surface area contributed by atoms with Crippen molar-refractivity contribution in [3.8, 4) is 0 Å². The van der Waals surface area contributed by atoms with Gasteiger partial charge in [0.15, 0.2) is 0 Å². The second-order valence-electron chi connectivity index (χ2n) is 4.45. The average molecular weight is 318 g/mol. The van der Waals surface area contributed by atoms with E-state index in [9.17, 15) is 9.00 Å². The van der Waals surface area contributed by atoms with E-state index in [1.165, 1.54) is 6.07 Å². The lowest BCUT2D eigenvalue weighted by Crippen LogP contribution is -2.27. The SMILES string of the molecule is CCNc1cc(C(=O)NCCC(C)S(C)=O)cc(Cl)n1. The molecule has 0 aliphatic rings. The Labute approximate surface area is 127 Å². The third-order valence-electron chi connectivity index (χ3n) is 2.82. The predicted octanol–water partition coefficient (Wildman–Crippen LogP) is 2.05. The smallest absolute Gasteiger partial charge is 0.251 e. The number of carbonyl (C=O) groups is 1. The van der Waals surface area contributed by atoms with Crippen molar-refractivity contribution >= 4 is 34.1 Å². The maximum absolute atomic E-state index is 12.0. The second-order valence-corrected chi connectivity index (χ2v) is 6.64. The van der Waals surface area contributed by atoms with E-state index in [0.29, 0.717) is 30.9 Å². The zero-order chi connectivity index (χ0) is 15.1. The number of hydrogen-bond donors (Lipinski definition) is 2. The molecular weight excluding hydrogens is 298 g/mol. The summed E-state index contributed by atoms with van der Waals surface area (Å²) in [7, 11) is -0.872. The first kappa shape index (κ1) is 16.9. The average Bonchev–Trinajstić information content (AvgIpc) is 2.38. The quantitative estimate of drug-likeness (QED) is 0.755. The number of halogens is 1. The fourth-order valence-corrected chi connectivity index (χ4v) is 2.22. The lowest BCUT2D eigenvalue weighted by molar-refractivity contribution is 0.0953. The van der Waals surface area contributed by atoms with Crippen LogP contribution in [0.1, 0.15) is 30.6 Å². The van der Waals surface area contributed by atoms with Gasteiger partial charge in [-0.05, 0) is 25.5 Å². The Morgan fingerprint density at radius 2 is 2.20 bits per heavy atom. The van der Waals surface area contributed by atoms with Gasteiger partial charge in [0.1, 0.15) is 11.0 Å². The van der Waals surface area contributed by atoms with Gasteiger partial charge in [-0.25, -0.2) is 4.98 Å². The zero-order valence-electron chi connectivity index (χ0n) is 11.9. The summed E-state index contributed by atoms with van der Waals surface area (Å²) < 4.78 is 11.2. The van der Waals surface area contributed by atoms with Crippen LogP contribution in [0.3, 0.4) is 0 Å². The van der Waals surface area contributed by atoms with Crippen molar-refractivity contribution in [2.75, 3.05) is 24.7 Å². The Morgan fingerprint density at radius 1 is 1.50 bits per heavy atom. The number of nitrogens with one attached hydrogen (secondary N) is 2. The van der Waals surface area contributed by atoms with Crippen molar-refractivity contribution < 1.29 is 9.00 Å². The third-order valence-corrected chi connectivity index (χ3v) is 4.38. The summed E-state index contributed by atoms with van der Waals surface area (Å²) in [4.78, 5) is 16.1. The summed E-state index contributed by atoms with van der Waals surface area (Å²) in [5, 5.41) is 6.15. The fourth-order valence-electron chi connectivity index (χ4n) is 1.56. The van der Waals surface area contributed by atoms with E-state index in [-0.39, 0.29) is 16.3 Å². The van der Waals surface area contributed by atoms with E-state index >= 15 is 0 Å². The molecule has 1 aromatic rings. The van der Waals surface area contributed by atoms with Crippen LogP contribution in [0, 0.1) is 0 Å². The van der Waals surface area contributed by atoms with Gasteiger partial charge in [0, 0.05) is 41.0 Å². The molecule has 0 spiro atoms. The molecule has 0 aliphatic carbocycles. The van der Waals surface area contributed by atoms with Crippen molar-refractivity contribution in [3.63, 3.8) is 0 Å². The van der Waals surface area contributed by atoms with Crippen LogP contribution < -0.4 is 10.6 Å². The van der Waals surface area contributed by atoms with Gasteiger partial charge in [-0.15, -0.1) is 0 Å². The number of carbonyl (C=O) groups excluding carboxylic acids is 1. The molecule has 112 valence electrons. The van der Waals surface area contributed by atoms with Crippen molar-refractivity contribution in [1.82, 2.24) is 10.3 Å². The summed E-state index contributed by atoms with van der Waals surface area (Å²) >= 11 is 5.88. The van der Waals surface area contributed by atoms with Crippen molar-refractivity contribution in [2.45, 2.75) is 25.5 Å². The maximum Gasteiger partial charge on any atom is 0.251 e. The van der Waals surface area contributed by atoms with Crippen LogP contribution in [0.4, 0.5) is 5.82 Å². The van der Waals surface area contributed by atoms with Crippen LogP contribution in [0.25, 0.3) is 0 Å². The number of amides is 1. The molecule has 0 saturated heterocycles. The Hall–Kier alpha value is -1.14. The van der Waals surface area contributed by atoms with Gasteiger partial charge in [-0.1, -0.05) is 18.5 Å². The van der Waals surface area contributed by atoms with Crippen LogP contribution in [0.15, 0.2) is 12.1 Å². The largest absolute Gasteiger partial charge is 0.370 e. The lowest BCUT2D eigenvalue weighted by Gasteiger charge is -2.10. The summed E-state index contributed by atoms with van der Waals surface area (Å²) in [6, 6.07) is 3.19. The minimum atomic E-state index is -0.872. The van der Waals surface area contributed by atoms with Gasteiger partial charge >= 0.3 is 0 Å². The maximum atomic E-state index is 12.0. The van der Waals surface area contributed by atoms with Crippen molar-refractivity contribution in [2.24, 2.45) is 0 Å². The van der Waals surface area contributed by atoms with Gasteiger partial charge < -0.3 is 10.6 Å². The molecule has 7 heteroatoms. The number of nitrogens with zero attached hydrogens (tertiary/aromatic N) is 1. The van der Waals surface area contributed by atoms with Crippen LogP contribution >= 0.6 is 11.6 Å². The fraction of sp³-hybridized carbons (Fsp3) is 0.538. The van der Waals surface area contributed by atoms with Gasteiger partial charge in [-0.3, -0.25) is 9.00 Å². The summed E-state index contributed by atoms with van der Waals surface area (Å²) in [6.07, 6.45) is 2.34. The lowest BCUT2D eigenvalue weighted by atomic mass is 10.2. The standard InChI is InChI=1S/C13H20ClN3O2S/c1-4-15-12-8-10(7-11(14)17-12)13(18)16-6-5-9(2)20(3)19/h7-9H,4-6H2,1-3H3,(H,15,17)(H,16,18). The molecule has 0 bridgehead atoms. The Kier molecular flexibility index (Phi) is 6.95. The number of pyridine rings is 1. The molecule has 0 saturated carbocycles. The van der Waals surface area contributed by atoms with E-state index < -0.39 is 10.8 Å². The van der Waals surface area contributed by atoms with Crippen LogP contribution in [0.2, 0.25) is 5.15 Å². The van der Waals surface area contributed by atoms with E-state index in [0.717, 1.165) is 0 Å². The van der Waals surface area contributed by atoms with Gasteiger partial charge in [0.2, 0.25) is 0 Å². The van der Waals surface area contributed by atoms with E-state index in [2.05, 4.69) is 15.6 Å². The predicted molar refractivity (Wildman–Crippen MR) is 83.9 cm³/mol. The normalized spacial score (nSPS) is 13.6. The Bertz CT molecular complexity index is 497. The highest BCUT2D eigenvalue weighted by Gasteiger charge is 2.10. The Morgan fingerprint density at radius 3 is 2.80 bits per heavy atom. The first-order chi connectivity index (χ1) is 9.43. The topological polar surface area (TPSA) is 71.1 Å². The van der Waals surface area contributed by atoms with Gasteiger partial charge in [-0.2, -0.15) is 0 Å². The van der Waals surface area contributed by atoms with E-state index in [4.69, 9.17) is 11.6 Å². The molecule has 1 heterocycles. The van der Waals surface area contributed by atoms with Crippen LogP contribution in [-0.4, -0.2) is 39.7 Å². The summed E-state index contributed by atoms with van der Waals surface area (Å²) in [6.45, 7) is 5.02.